The van der Waals surface area contributed by atoms with Gasteiger partial charge in [-0.1, -0.05) is 12.1 Å². The minimum Gasteiger partial charge on any atom is -0.383 e. The Kier molecular flexibility index (Phi) is 2.38. The molecule has 1 aromatic carbocycles. The first kappa shape index (κ1) is 11.6. The molecule has 0 amide bonds. The van der Waals surface area contributed by atoms with Crippen LogP contribution in [0.3, 0.4) is 0 Å². The number of hydrogen-bond donors (Lipinski definition) is 1. The highest BCUT2D eigenvalue weighted by molar-refractivity contribution is 5.85. The standard InChI is InChI=1S/C11H10F3N.ClH/c12-11(13,14)8-3-1-2-7-9(8)15-6-10(7)4-5-10;/h1-3,15H,4-6H2;1H. The van der Waals surface area contributed by atoms with Gasteiger partial charge >= 0.3 is 6.18 Å². The Morgan fingerprint density at radius 1 is 1.19 bits per heavy atom. The van der Waals surface area contributed by atoms with E-state index in [4.69, 9.17) is 0 Å². The quantitative estimate of drug-likeness (QED) is 0.741. The summed E-state index contributed by atoms with van der Waals surface area (Å²) in [4.78, 5) is 0. The molecule has 1 saturated carbocycles. The molecule has 1 aliphatic heterocycles. The lowest BCUT2D eigenvalue weighted by Gasteiger charge is -2.12. The van der Waals surface area contributed by atoms with Crippen LogP contribution in [0.4, 0.5) is 18.9 Å². The topological polar surface area (TPSA) is 12.0 Å². The smallest absolute Gasteiger partial charge is 0.383 e. The van der Waals surface area contributed by atoms with Gasteiger partial charge in [0.15, 0.2) is 0 Å². The lowest BCUT2D eigenvalue weighted by Crippen LogP contribution is -2.08. The van der Waals surface area contributed by atoms with Crippen molar-refractivity contribution >= 4 is 18.1 Å². The van der Waals surface area contributed by atoms with Gasteiger partial charge in [0.2, 0.25) is 0 Å². The molecule has 0 bridgehead atoms. The highest BCUT2D eigenvalue weighted by Crippen LogP contribution is 2.56. The third-order valence-corrected chi connectivity index (χ3v) is 3.40. The average Bonchev–Trinajstić information content (AvgIpc) is 2.83. The lowest BCUT2D eigenvalue weighted by atomic mass is 9.96. The molecular weight excluding hydrogens is 239 g/mol. The van der Waals surface area contributed by atoms with Crippen molar-refractivity contribution in [3.8, 4) is 0 Å². The van der Waals surface area contributed by atoms with Crippen LogP contribution in [0.5, 0.6) is 0 Å². The maximum absolute atomic E-state index is 12.7. The van der Waals surface area contributed by atoms with Crippen LogP contribution in [0.1, 0.15) is 24.0 Å². The zero-order valence-corrected chi connectivity index (χ0v) is 9.21. The van der Waals surface area contributed by atoms with Crippen LogP contribution in [0.2, 0.25) is 0 Å². The number of fused-ring (bicyclic) bond motifs is 2. The highest BCUT2D eigenvalue weighted by atomic mass is 35.5. The number of para-hydroxylation sites is 1. The zero-order valence-electron chi connectivity index (χ0n) is 8.40. The van der Waals surface area contributed by atoms with Crippen molar-refractivity contribution in [2.24, 2.45) is 0 Å². The summed E-state index contributed by atoms with van der Waals surface area (Å²) in [6, 6.07) is 4.47. The second-order valence-corrected chi connectivity index (χ2v) is 4.36. The number of nitrogens with one attached hydrogen (secondary N) is 1. The normalized spacial score (nSPS) is 19.9. The minimum atomic E-state index is -4.25. The molecule has 0 atom stereocenters. The van der Waals surface area contributed by atoms with Crippen LogP contribution in [0, 0.1) is 0 Å². The van der Waals surface area contributed by atoms with Gasteiger partial charge in [-0.05, 0) is 24.5 Å². The summed E-state index contributed by atoms with van der Waals surface area (Å²) in [7, 11) is 0. The molecule has 1 spiro atoms. The van der Waals surface area contributed by atoms with Crippen LogP contribution in [0.25, 0.3) is 0 Å². The number of alkyl halides is 3. The van der Waals surface area contributed by atoms with Crippen molar-refractivity contribution in [3.05, 3.63) is 29.3 Å². The van der Waals surface area contributed by atoms with E-state index in [0.29, 0.717) is 12.2 Å². The van der Waals surface area contributed by atoms with Gasteiger partial charge in [-0.15, -0.1) is 12.4 Å². The zero-order chi connectivity index (χ0) is 10.7. The average molecular weight is 250 g/mol. The molecule has 1 N–H and O–H groups in total. The number of benzene rings is 1. The summed E-state index contributed by atoms with van der Waals surface area (Å²) in [6.45, 7) is 0.662. The second-order valence-electron chi connectivity index (χ2n) is 4.36. The van der Waals surface area contributed by atoms with Crippen molar-refractivity contribution in [2.75, 3.05) is 11.9 Å². The van der Waals surface area contributed by atoms with Gasteiger partial charge < -0.3 is 5.32 Å². The van der Waals surface area contributed by atoms with E-state index in [0.717, 1.165) is 24.5 Å². The SMILES string of the molecule is Cl.FC(F)(F)c1cccc2c1NCC21CC1. The molecule has 2 aliphatic rings. The Labute approximate surface area is 97.4 Å². The third kappa shape index (κ3) is 1.47. The summed E-state index contributed by atoms with van der Waals surface area (Å²) in [6.07, 6.45) is -2.23. The predicted molar refractivity (Wildman–Crippen MR) is 58.1 cm³/mol. The molecular formula is C11H11ClF3N. The minimum absolute atomic E-state index is 0. The maximum atomic E-state index is 12.7. The number of rotatable bonds is 0. The van der Waals surface area contributed by atoms with E-state index < -0.39 is 11.7 Å². The van der Waals surface area contributed by atoms with Crippen LogP contribution >= 0.6 is 12.4 Å². The van der Waals surface area contributed by atoms with Crippen molar-refractivity contribution in [1.82, 2.24) is 0 Å². The first-order chi connectivity index (χ1) is 7.03. The van der Waals surface area contributed by atoms with E-state index in [1.54, 1.807) is 0 Å². The summed E-state index contributed by atoms with van der Waals surface area (Å²) in [5.41, 5.74) is 0.667. The van der Waals surface area contributed by atoms with Gasteiger partial charge in [0.1, 0.15) is 0 Å². The third-order valence-electron chi connectivity index (χ3n) is 3.40. The molecule has 1 aliphatic carbocycles. The van der Waals surface area contributed by atoms with E-state index in [2.05, 4.69) is 5.32 Å². The maximum Gasteiger partial charge on any atom is 0.418 e. The van der Waals surface area contributed by atoms with E-state index in [-0.39, 0.29) is 17.8 Å². The molecule has 88 valence electrons. The number of halogens is 4. The van der Waals surface area contributed by atoms with Crippen molar-refractivity contribution in [2.45, 2.75) is 24.4 Å². The molecule has 5 heteroatoms. The molecule has 0 aromatic heterocycles. The molecule has 0 radical (unpaired) electrons. The Balaban J connectivity index is 0.000000963. The van der Waals surface area contributed by atoms with E-state index in [9.17, 15) is 13.2 Å². The van der Waals surface area contributed by atoms with E-state index >= 15 is 0 Å². The van der Waals surface area contributed by atoms with Crippen molar-refractivity contribution in [1.29, 1.82) is 0 Å². The second kappa shape index (κ2) is 3.29. The Hall–Kier alpha value is -0.900. The van der Waals surface area contributed by atoms with Gasteiger partial charge in [-0.25, -0.2) is 0 Å². The highest BCUT2D eigenvalue weighted by Gasteiger charge is 2.51. The molecule has 1 aromatic rings. The Morgan fingerprint density at radius 3 is 2.44 bits per heavy atom. The van der Waals surface area contributed by atoms with Crippen molar-refractivity contribution in [3.63, 3.8) is 0 Å². The molecule has 0 unspecified atom stereocenters. The monoisotopic (exact) mass is 249 g/mol. The molecule has 1 heterocycles. The number of hydrogen-bond acceptors (Lipinski definition) is 1. The summed E-state index contributed by atoms with van der Waals surface area (Å²) < 4.78 is 38.0. The van der Waals surface area contributed by atoms with E-state index in [1.807, 2.05) is 6.07 Å². The van der Waals surface area contributed by atoms with Gasteiger partial charge in [-0.3, -0.25) is 0 Å². The van der Waals surface area contributed by atoms with Crippen LogP contribution in [-0.2, 0) is 11.6 Å². The fourth-order valence-electron chi connectivity index (χ4n) is 2.37. The summed E-state index contributed by atoms with van der Waals surface area (Å²) >= 11 is 0. The molecule has 3 rings (SSSR count). The summed E-state index contributed by atoms with van der Waals surface area (Å²) in [5.74, 6) is 0. The molecule has 1 fully saturated rings. The fraction of sp³-hybridized carbons (Fsp3) is 0.455. The summed E-state index contributed by atoms with van der Waals surface area (Å²) in [5, 5.41) is 2.91. The molecule has 0 saturated heterocycles. The first-order valence-electron chi connectivity index (χ1n) is 4.98. The molecule has 16 heavy (non-hydrogen) atoms. The van der Waals surface area contributed by atoms with Gasteiger partial charge in [0, 0.05) is 12.0 Å². The Bertz CT molecular complexity index is 424. The largest absolute Gasteiger partial charge is 0.418 e. The van der Waals surface area contributed by atoms with E-state index in [1.165, 1.54) is 6.07 Å². The van der Waals surface area contributed by atoms with Crippen LogP contribution < -0.4 is 5.32 Å². The fourth-order valence-corrected chi connectivity index (χ4v) is 2.37. The Morgan fingerprint density at radius 2 is 1.88 bits per heavy atom. The van der Waals surface area contributed by atoms with Gasteiger partial charge in [0.05, 0.1) is 11.3 Å². The van der Waals surface area contributed by atoms with Gasteiger partial charge in [0.25, 0.3) is 0 Å². The molecule has 1 nitrogen and oxygen atoms in total. The number of anilines is 1. The van der Waals surface area contributed by atoms with Crippen LogP contribution in [0.15, 0.2) is 18.2 Å². The lowest BCUT2D eigenvalue weighted by molar-refractivity contribution is -0.136. The first-order valence-corrected chi connectivity index (χ1v) is 4.98. The van der Waals surface area contributed by atoms with Crippen molar-refractivity contribution < 1.29 is 13.2 Å². The van der Waals surface area contributed by atoms with Crippen LogP contribution in [-0.4, -0.2) is 6.54 Å². The predicted octanol–water partition coefficient (Wildman–Crippen LogP) is 3.58. The van der Waals surface area contributed by atoms with Gasteiger partial charge in [-0.2, -0.15) is 13.2 Å².